The molecule has 0 fully saturated rings. The first-order valence-corrected chi connectivity index (χ1v) is 9.66. The number of anilines is 3. The Kier molecular flexibility index (Phi) is 5.77. The van der Waals surface area contributed by atoms with Gasteiger partial charge in [-0.2, -0.15) is 4.98 Å². The van der Waals surface area contributed by atoms with E-state index in [-0.39, 0.29) is 12.4 Å². The van der Waals surface area contributed by atoms with Crippen molar-refractivity contribution in [3.05, 3.63) is 103 Å². The smallest absolute Gasteiger partial charge is 0.229 e. The zero-order chi connectivity index (χ0) is 19.5. The van der Waals surface area contributed by atoms with Gasteiger partial charge in [0.15, 0.2) is 0 Å². The molecule has 5 rings (SSSR count). The van der Waals surface area contributed by atoms with E-state index in [4.69, 9.17) is 9.97 Å². The second kappa shape index (κ2) is 8.80. The molecule has 0 amide bonds. The topological polar surface area (TPSA) is 49.8 Å². The van der Waals surface area contributed by atoms with E-state index in [1.54, 1.807) is 0 Å². The molecule has 5 heteroatoms. The lowest BCUT2D eigenvalue weighted by molar-refractivity contribution is 1.10. The third kappa shape index (κ3) is 4.04. The van der Waals surface area contributed by atoms with Crippen LogP contribution in [0.15, 0.2) is 97.1 Å². The van der Waals surface area contributed by atoms with E-state index in [9.17, 15) is 0 Å². The Bertz CT molecular complexity index is 1280. The van der Waals surface area contributed by atoms with Crippen molar-refractivity contribution in [3.8, 4) is 0 Å². The number of halogens is 1. The number of fused-ring (bicyclic) bond motifs is 2. The average molecular weight is 413 g/mol. The van der Waals surface area contributed by atoms with Crippen LogP contribution < -0.4 is 10.6 Å². The van der Waals surface area contributed by atoms with Crippen LogP contribution in [-0.2, 0) is 6.54 Å². The lowest BCUT2D eigenvalue weighted by Gasteiger charge is -2.13. The monoisotopic (exact) mass is 412 g/mol. The average Bonchev–Trinajstić information content (AvgIpc) is 2.78. The highest BCUT2D eigenvalue weighted by molar-refractivity contribution is 5.96. The first-order valence-electron chi connectivity index (χ1n) is 9.66. The number of nitrogens with one attached hydrogen (secondary N) is 2. The Morgan fingerprint density at radius 3 is 2.20 bits per heavy atom. The second-order valence-electron chi connectivity index (χ2n) is 6.90. The summed E-state index contributed by atoms with van der Waals surface area (Å²) in [6.07, 6.45) is 0. The Morgan fingerprint density at radius 2 is 1.33 bits per heavy atom. The molecule has 1 heterocycles. The first-order chi connectivity index (χ1) is 14.4. The van der Waals surface area contributed by atoms with Crippen LogP contribution in [0.5, 0.6) is 0 Å². The van der Waals surface area contributed by atoms with Gasteiger partial charge in [0, 0.05) is 23.0 Å². The fraction of sp³-hybridized carbons (Fsp3) is 0.0400. The van der Waals surface area contributed by atoms with Gasteiger partial charge < -0.3 is 10.6 Å². The van der Waals surface area contributed by atoms with Crippen molar-refractivity contribution in [2.24, 2.45) is 0 Å². The van der Waals surface area contributed by atoms with Crippen LogP contribution >= 0.6 is 12.4 Å². The molecule has 4 nitrogen and oxygen atoms in total. The number of aromatic nitrogens is 2. The molecule has 1 aromatic heterocycles. The lowest BCUT2D eigenvalue weighted by Crippen LogP contribution is -2.05. The van der Waals surface area contributed by atoms with Gasteiger partial charge in [-0.05, 0) is 29.1 Å². The number of hydrogen-bond donors (Lipinski definition) is 2. The van der Waals surface area contributed by atoms with Crippen molar-refractivity contribution in [3.63, 3.8) is 0 Å². The van der Waals surface area contributed by atoms with E-state index >= 15 is 0 Å². The van der Waals surface area contributed by atoms with Gasteiger partial charge in [-0.1, -0.05) is 78.9 Å². The van der Waals surface area contributed by atoms with Gasteiger partial charge >= 0.3 is 0 Å². The molecule has 0 radical (unpaired) electrons. The Morgan fingerprint density at radius 1 is 0.633 bits per heavy atom. The van der Waals surface area contributed by atoms with E-state index in [0.29, 0.717) is 12.5 Å². The molecular weight excluding hydrogens is 392 g/mol. The SMILES string of the molecule is Cl.c1ccc(CNc2nc(Nc3cccc4ccccc34)nc3ccccc23)cc1. The van der Waals surface area contributed by atoms with Crippen molar-refractivity contribution in [1.82, 2.24) is 9.97 Å². The van der Waals surface area contributed by atoms with Gasteiger partial charge in [0.1, 0.15) is 5.82 Å². The van der Waals surface area contributed by atoms with Crippen LogP contribution in [0.25, 0.3) is 21.7 Å². The van der Waals surface area contributed by atoms with Crippen molar-refractivity contribution in [1.29, 1.82) is 0 Å². The van der Waals surface area contributed by atoms with Crippen molar-refractivity contribution >= 4 is 51.5 Å². The van der Waals surface area contributed by atoms with Gasteiger partial charge in [0.05, 0.1) is 5.52 Å². The van der Waals surface area contributed by atoms with Crippen LogP contribution in [0.1, 0.15) is 5.56 Å². The van der Waals surface area contributed by atoms with Crippen LogP contribution in [-0.4, -0.2) is 9.97 Å². The summed E-state index contributed by atoms with van der Waals surface area (Å²) in [5.41, 5.74) is 3.10. The van der Waals surface area contributed by atoms with E-state index in [2.05, 4.69) is 47.0 Å². The zero-order valence-corrected chi connectivity index (χ0v) is 17.1. The van der Waals surface area contributed by atoms with Gasteiger partial charge in [-0.3, -0.25) is 0 Å². The van der Waals surface area contributed by atoms with E-state index < -0.39 is 0 Å². The predicted octanol–water partition coefficient (Wildman–Crippen LogP) is 6.56. The summed E-state index contributed by atoms with van der Waals surface area (Å²) >= 11 is 0. The van der Waals surface area contributed by atoms with Gasteiger partial charge in [-0.25, -0.2) is 4.98 Å². The van der Waals surface area contributed by atoms with Crippen molar-refractivity contribution in [2.45, 2.75) is 6.54 Å². The summed E-state index contributed by atoms with van der Waals surface area (Å²) < 4.78 is 0. The molecule has 30 heavy (non-hydrogen) atoms. The molecule has 0 saturated carbocycles. The van der Waals surface area contributed by atoms with Crippen LogP contribution in [0, 0.1) is 0 Å². The Balaban J connectivity index is 0.00000218. The summed E-state index contributed by atoms with van der Waals surface area (Å²) in [4.78, 5) is 9.52. The molecule has 2 N–H and O–H groups in total. The van der Waals surface area contributed by atoms with E-state index in [0.717, 1.165) is 27.8 Å². The number of benzene rings is 4. The molecule has 0 spiro atoms. The third-order valence-electron chi connectivity index (χ3n) is 4.94. The third-order valence-corrected chi connectivity index (χ3v) is 4.94. The summed E-state index contributed by atoms with van der Waals surface area (Å²) in [5.74, 6) is 1.40. The maximum atomic E-state index is 4.78. The lowest BCUT2D eigenvalue weighted by atomic mass is 10.1. The van der Waals surface area contributed by atoms with Crippen molar-refractivity contribution < 1.29 is 0 Å². The summed E-state index contributed by atoms with van der Waals surface area (Å²) in [7, 11) is 0. The van der Waals surface area contributed by atoms with Crippen LogP contribution in [0.2, 0.25) is 0 Å². The highest BCUT2D eigenvalue weighted by atomic mass is 35.5. The fourth-order valence-corrected chi connectivity index (χ4v) is 3.50. The molecule has 0 unspecified atom stereocenters. The molecule has 148 valence electrons. The largest absolute Gasteiger partial charge is 0.365 e. The number of nitrogens with zero attached hydrogens (tertiary/aromatic N) is 2. The summed E-state index contributed by atoms with van der Waals surface area (Å²) in [6, 6.07) is 32.9. The molecule has 0 atom stereocenters. The first kappa shape index (κ1) is 19.7. The van der Waals surface area contributed by atoms with Crippen molar-refractivity contribution in [2.75, 3.05) is 10.6 Å². The van der Waals surface area contributed by atoms with E-state index in [1.165, 1.54) is 10.9 Å². The molecule has 0 aliphatic carbocycles. The molecule has 5 aromatic rings. The fourth-order valence-electron chi connectivity index (χ4n) is 3.50. The minimum atomic E-state index is 0. The second-order valence-corrected chi connectivity index (χ2v) is 6.90. The predicted molar refractivity (Wildman–Crippen MR) is 128 cm³/mol. The van der Waals surface area contributed by atoms with Crippen LogP contribution in [0.4, 0.5) is 17.5 Å². The quantitative estimate of drug-likeness (QED) is 0.343. The minimum absolute atomic E-state index is 0. The highest BCUT2D eigenvalue weighted by Gasteiger charge is 2.09. The Labute approximate surface area is 181 Å². The zero-order valence-electron chi connectivity index (χ0n) is 16.2. The van der Waals surface area contributed by atoms with Gasteiger partial charge in [0.25, 0.3) is 0 Å². The molecule has 0 bridgehead atoms. The standard InChI is InChI=1S/C25H20N4.ClH/c1-2-9-18(10-3-1)17-26-24-21-14-6-7-15-23(21)28-25(29-24)27-22-16-8-12-19-11-4-5-13-20(19)22;/h1-16H,17H2,(H2,26,27,28,29);1H. The molecule has 0 aliphatic heterocycles. The van der Waals surface area contributed by atoms with Gasteiger partial charge in [-0.15, -0.1) is 12.4 Å². The highest BCUT2D eigenvalue weighted by Crippen LogP contribution is 2.28. The number of hydrogen-bond acceptors (Lipinski definition) is 4. The number of para-hydroxylation sites is 1. The molecule has 0 aliphatic rings. The van der Waals surface area contributed by atoms with Gasteiger partial charge in [0.2, 0.25) is 5.95 Å². The minimum Gasteiger partial charge on any atom is -0.365 e. The maximum Gasteiger partial charge on any atom is 0.229 e. The maximum absolute atomic E-state index is 4.78. The summed E-state index contributed by atoms with van der Waals surface area (Å²) in [6.45, 7) is 0.704. The summed E-state index contributed by atoms with van der Waals surface area (Å²) in [5, 5.41) is 10.2. The molecule has 4 aromatic carbocycles. The molecular formula is C25H21ClN4. The molecule has 0 saturated heterocycles. The normalized spacial score (nSPS) is 10.5. The van der Waals surface area contributed by atoms with E-state index in [1.807, 2.05) is 60.7 Å². The van der Waals surface area contributed by atoms with Crippen LogP contribution in [0.3, 0.4) is 0 Å². The number of rotatable bonds is 5. The Hall–Kier alpha value is -3.63.